The van der Waals surface area contributed by atoms with Gasteiger partial charge in [0, 0.05) is 22.0 Å². The number of anilines is 1. The molecule has 0 aliphatic heterocycles. The van der Waals surface area contributed by atoms with Crippen LogP contribution in [0.4, 0.5) is 5.13 Å². The van der Waals surface area contributed by atoms with Gasteiger partial charge in [-0.2, -0.15) is 0 Å². The molecule has 4 heteroatoms. The highest BCUT2D eigenvalue weighted by Gasteiger charge is 2.20. The highest BCUT2D eigenvalue weighted by atomic mass is 32.1. The number of nitrogens with two attached hydrogens (primary N) is 1. The normalized spacial score (nSPS) is 14.4. The van der Waals surface area contributed by atoms with Crippen LogP contribution in [0.5, 0.6) is 0 Å². The summed E-state index contributed by atoms with van der Waals surface area (Å²) < 4.78 is 0. The van der Waals surface area contributed by atoms with Crippen molar-refractivity contribution in [2.75, 3.05) is 5.73 Å². The second kappa shape index (κ2) is 4.56. The molecule has 0 saturated carbocycles. The number of hydrogen-bond acceptors (Lipinski definition) is 4. The number of rotatable bonds is 1. The number of thiazole rings is 1. The fraction of sp³-hybridized carbons (Fsp3) is 0.250. The zero-order valence-corrected chi connectivity index (χ0v) is 11.9. The first-order chi connectivity index (χ1) is 9.83. The Balaban J connectivity index is 2.10. The van der Waals surface area contributed by atoms with Crippen molar-refractivity contribution in [3.05, 3.63) is 40.9 Å². The average molecular weight is 281 g/mol. The SMILES string of the molecule is Nc1nc(-c2c3c(nc4ccccc24)CCCC3)cs1. The van der Waals surface area contributed by atoms with Gasteiger partial charge >= 0.3 is 0 Å². The molecule has 4 rings (SSSR count). The van der Waals surface area contributed by atoms with E-state index in [1.54, 1.807) is 0 Å². The van der Waals surface area contributed by atoms with Crippen molar-refractivity contribution in [1.82, 2.24) is 9.97 Å². The van der Waals surface area contributed by atoms with Crippen LogP contribution in [0.25, 0.3) is 22.2 Å². The van der Waals surface area contributed by atoms with Gasteiger partial charge in [0.05, 0.1) is 11.2 Å². The van der Waals surface area contributed by atoms with Gasteiger partial charge in [-0.05, 0) is 37.3 Å². The van der Waals surface area contributed by atoms with E-state index in [0.29, 0.717) is 5.13 Å². The van der Waals surface area contributed by atoms with Crippen LogP contribution in [0, 0.1) is 0 Å². The lowest BCUT2D eigenvalue weighted by molar-refractivity contribution is 0.672. The van der Waals surface area contributed by atoms with Gasteiger partial charge in [-0.25, -0.2) is 4.98 Å². The van der Waals surface area contributed by atoms with Crippen LogP contribution in [0.3, 0.4) is 0 Å². The van der Waals surface area contributed by atoms with Crippen LogP contribution in [0.15, 0.2) is 29.6 Å². The molecule has 1 aromatic carbocycles. The molecule has 1 aliphatic carbocycles. The third-order valence-corrected chi connectivity index (χ3v) is 4.62. The largest absolute Gasteiger partial charge is 0.375 e. The third kappa shape index (κ3) is 1.79. The van der Waals surface area contributed by atoms with E-state index in [4.69, 9.17) is 10.7 Å². The monoisotopic (exact) mass is 281 g/mol. The van der Waals surface area contributed by atoms with Crippen LogP contribution >= 0.6 is 11.3 Å². The summed E-state index contributed by atoms with van der Waals surface area (Å²) in [5, 5.41) is 3.88. The van der Waals surface area contributed by atoms with Crippen molar-refractivity contribution in [3.63, 3.8) is 0 Å². The fourth-order valence-electron chi connectivity index (χ4n) is 3.07. The highest BCUT2D eigenvalue weighted by Crippen LogP contribution is 2.37. The lowest BCUT2D eigenvalue weighted by atomic mass is 9.89. The van der Waals surface area contributed by atoms with E-state index in [2.05, 4.69) is 28.6 Å². The maximum Gasteiger partial charge on any atom is 0.180 e. The standard InChI is InChI=1S/C16H15N3S/c17-16-19-14(9-20-16)15-10-5-1-3-7-12(10)18-13-8-4-2-6-11(13)15/h1,3,5,7,9H,2,4,6,8H2,(H2,17,19). The van der Waals surface area contributed by atoms with E-state index in [1.807, 2.05) is 6.07 Å². The summed E-state index contributed by atoms with van der Waals surface area (Å²) in [4.78, 5) is 9.36. The summed E-state index contributed by atoms with van der Waals surface area (Å²) in [6.07, 6.45) is 4.64. The summed E-state index contributed by atoms with van der Waals surface area (Å²) in [6, 6.07) is 8.34. The molecular formula is C16H15N3S. The summed E-state index contributed by atoms with van der Waals surface area (Å²) in [5.74, 6) is 0. The van der Waals surface area contributed by atoms with E-state index in [9.17, 15) is 0 Å². The Kier molecular flexibility index (Phi) is 2.70. The van der Waals surface area contributed by atoms with Gasteiger partial charge in [0.15, 0.2) is 5.13 Å². The van der Waals surface area contributed by atoms with Crippen molar-refractivity contribution in [3.8, 4) is 11.3 Å². The Morgan fingerprint density at radius 1 is 1.05 bits per heavy atom. The summed E-state index contributed by atoms with van der Waals surface area (Å²) >= 11 is 1.50. The number of hydrogen-bond donors (Lipinski definition) is 1. The minimum atomic E-state index is 0.630. The predicted molar refractivity (Wildman–Crippen MR) is 83.9 cm³/mol. The van der Waals surface area contributed by atoms with E-state index in [-0.39, 0.29) is 0 Å². The molecule has 3 aromatic rings. The van der Waals surface area contributed by atoms with Gasteiger partial charge in [-0.1, -0.05) is 18.2 Å². The zero-order chi connectivity index (χ0) is 13.5. The Bertz CT molecular complexity index is 792. The number of aryl methyl sites for hydroxylation is 1. The van der Waals surface area contributed by atoms with Crippen LogP contribution in [0.2, 0.25) is 0 Å². The molecule has 100 valence electrons. The Hall–Kier alpha value is -1.94. The van der Waals surface area contributed by atoms with E-state index < -0.39 is 0 Å². The number of nitrogens with zero attached hydrogens (tertiary/aromatic N) is 2. The number of benzene rings is 1. The number of fused-ring (bicyclic) bond motifs is 2. The molecule has 0 fully saturated rings. The van der Waals surface area contributed by atoms with Gasteiger partial charge in [-0.3, -0.25) is 4.98 Å². The van der Waals surface area contributed by atoms with Crippen LogP contribution in [0.1, 0.15) is 24.1 Å². The number of para-hydroxylation sites is 1. The molecule has 0 saturated heterocycles. The van der Waals surface area contributed by atoms with Crippen molar-refractivity contribution in [2.45, 2.75) is 25.7 Å². The first kappa shape index (κ1) is 11.9. The minimum Gasteiger partial charge on any atom is -0.375 e. The topological polar surface area (TPSA) is 51.8 Å². The van der Waals surface area contributed by atoms with Gasteiger partial charge in [-0.15, -0.1) is 11.3 Å². The minimum absolute atomic E-state index is 0.630. The molecule has 2 aromatic heterocycles. The number of aromatic nitrogens is 2. The Labute approximate surface area is 121 Å². The van der Waals surface area contributed by atoms with Gasteiger partial charge in [0.1, 0.15) is 0 Å². The van der Waals surface area contributed by atoms with Crippen molar-refractivity contribution >= 4 is 27.4 Å². The molecular weight excluding hydrogens is 266 g/mol. The zero-order valence-electron chi connectivity index (χ0n) is 11.1. The molecule has 2 N–H and O–H groups in total. The van der Waals surface area contributed by atoms with E-state index in [0.717, 1.165) is 24.1 Å². The Morgan fingerprint density at radius 2 is 1.90 bits per heavy atom. The summed E-state index contributed by atoms with van der Waals surface area (Å²) in [7, 11) is 0. The molecule has 0 unspecified atom stereocenters. The van der Waals surface area contributed by atoms with E-state index in [1.165, 1.54) is 46.4 Å². The smallest absolute Gasteiger partial charge is 0.180 e. The predicted octanol–water partition coefficient (Wildman–Crippen LogP) is 3.82. The molecule has 3 nitrogen and oxygen atoms in total. The maximum atomic E-state index is 5.83. The molecule has 0 amide bonds. The maximum absolute atomic E-state index is 5.83. The quantitative estimate of drug-likeness (QED) is 0.737. The average Bonchev–Trinajstić information content (AvgIpc) is 2.91. The number of pyridine rings is 1. The van der Waals surface area contributed by atoms with Crippen LogP contribution in [-0.4, -0.2) is 9.97 Å². The lowest BCUT2D eigenvalue weighted by Crippen LogP contribution is -2.08. The molecule has 20 heavy (non-hydrogen) atoms. The highest BCUT2D eigenvalue weighted by molar-refractivity contribution is 7.13. The van der Waals surface area contributed by atoms with Crippen LogP contribution in [-0.2, 0) is 12.8 Å². The third-order valence-electron chi connectivity index (χ3n) is 3.95. The molecule has 0 bridgehead atoms. The number of nitrogen functional groups attached to an aromatic ring is 1. The van der Waals surface area contributed by atoms with Crippen LogP contribution < -0.4 is 5.73 Å². The first-order valence-electron chi connectivity index (χ1n) is 6.95. The van der Waals surface area contributed by atoms with Crippen molar-refractivity contribution in [2.24, 2.45) is 0 Å². The molecule has 2 heterocycles. The molecule has 0 radical (unpaired) electrons. The van der Waals surface area contributed by atoms with E-state index >= 15 is 0 Å². The van der Waals surface area contributed by atoms with Gasteiger partial charge in [0.2, 0.25) is 0 Å². The second-order valence-corrected chi connectivity index (χ2v) is 6.10. The van der Waals surface area contributed by atoms with Crippen molar-refractivity contribution in [1.29, 1.82) is 0 Å². The van der Waals surface area contributed by atoms with Gasteiger partial charge < -0.3 is 5.73 Å². The molecule has 0 spiro atoms. The Morgan fingerprint density at radius 3 is 2.75 bits per heavy atom. The van der Waals surface area contributed by atoms with Gasteiger partial charge in [0.25, 0.3) is 0 Å². The summed E-state index contributed by atoms with van der Waals surface area (Å²) in [6.45, 7) is 0. The first-order valence-corrected chi connectivity index (χ1v) is 7.83. The molecule has 1 aliphatic rings. The van der Waals surface area contributed by atoms with Crippen molar-refractivity contribution < 1.29 is 0 Å². The second-order valence-electron chi connectivity index (χ2n) is 5.21. The lowest BCUT2D eigenvalue weighted by Gasteiger charge is -2.19. The summed E-state index contributed by atoms with van der Waals surface area (Å²) in [5.41, 5.74) is 11.8. The fourth-order valence-corrected chi connectivity index (χ4v) is 3.62. The molecule has 0 atom stereocenters.